The number of ether oxygens (including phenoxy) is 3. The van der Waals surface area contributed by atoms with Gasteiger partial charge in [-0.1, -0.05) is 18.9 Å². The Kier molecular flexibility index (Phi) is 7.62. The van der Waals surface area contributed by atoms with Gasteiger partial charge in [0.25, 0.3) is 5.91 Å². The smallest absolute Gasteiger partial charge is 0.387 e. The first kappa shape index (κ1) is 19.9. The van der Waals surface area contributed by atoms with Crippen LogP contribution in [0.3, 0.4) is 0 Å². The molecule has 0 bridgehead atoms. The second kappa shape index (κ2) is 9.94. The number of hydrogen-bond acceptors (Lipinski definition) is 5. The second-order valence-electron chi connectivity index (χ2n) is 6.16. The molecule has 6 nitrogen and oxygen atoms in total. The highest BCUT2D eigenvalue weighted by Crippen LogP contribution is 2.29. The molecule has 0 aromatic heterocycles. The van der Waals surface area contributed by atoms with Crippen LogP contribution in [0.1, 0.15) is 37.7 Å². The Bertz CT molecular complexity index is 618. The highest BCUT2D eigenvalue weighted by molar-refractivity contribution is 5.80. The average molecular weight is 371 g/mol. The molecule has 1 amide bonds. The van der Waals surface area contributed by atoms with Gasteiger partial charge in [0.05, 0.1) is 7.11 Å². The van der Waals surface area contributed by atoms with Crippen LogP contribution in [-0.2, 0) is 20.9 Å². The number of benzene rings is 1. The minimum absolute atomic E-state index is 0.0848. The lowest BCUT2D eigenvalue weighted by molar-refractivity contribution is -0.149. The van der Waals surface area contributed by atoms with Crippen LogP contribution < -0.4 is 14.8 Å². The molecular formula is C18H23F2NO5. The van der Waals surface area contributed by atoms with Crippen molar-refractivity contribution in [2.75, 3.05) is 13.7 Å². The van der Waals surface area contributed by atoms with Crippen LogP contribution in [-0.4, -0.2) is 32.2 Å². The van der Waals surface area contributed by atoms with E-state index in [4.69, 9.17) is 9.47 Å². The Hall–Kier alpha value is -2.38. The van der Waals surface area contributed by atoms with Crippen LogP contribution in [0.4, 0.5) is 8.78 Å². The molecule has 1 aromatic rings. The molecular weight excluding hydrogens is 348 g/mol. The van der Waals surface area contributed by atoms with Crippen LogP contribution in [0.2, 0.25) is 0 Å². The summed E-state index contributed by atoms with van der Waals surface area (Å²) in [6, 6.07) is 4.37. The molecule has 0 spiro atoms. The lowest BCUT2D eigenvalue weighted by Crippen LogP contribution is -2.28. The van der Waals surface area contributed by atoms with Crippen molar-refractivity contribution >= 4 is 11.9 Å². The summed E-state index contributed by atoms with van der Waals surface area (Å²) in [4.78, 5) is 23.5. The number of carbonyl (C=O) groups is 2. The topological polar surface area (TPSA) is 73.9 Å². The van der Waals surface area contributed by atoms with Gasteiger partial charge in [-0.25, -0.2) is 0 Å². The molecule has 0 atom stereocenters. The van der Waals surface area contributed by atoms with E-state index in [-0.39, 0.29) is 30.6 Å². The summed E-state index contributed by atoms with van der Waals surface area (Å²) < 4.78 is 38.9. The van der Waals surface area contributed by atoms with Gasteiger partial charge in [-0.15, -0.1) is 0 Å². The van der Waals surface area contributed by atoms with Gasteiger partial charge in [0.2, 0.25) is 0 Å². The minimum Gasteiger partial charge on any atom is -0.493 e. The van der Waals surface area contributed by atoms with E-state index < -0.39 is 12.5 Å². The third-order valence-electron chi connectivity index (χ3n) is 4.23. The largest absolute Gasteiger partial charge is 0.493 e. The summed E-state index contributed by atoms with van der Waals surface area (Å²) in [7, 11) is 1.33. The number of esters is 1. The molecule has 1 N–H and O–H groups in total. The average Bonchev–Trinajstić information content (AvgIpc) is 3.11. The zero-order valence-corrected chi connectivity index (χ0v) is 14.6. The van der Waals surface area contributed by atoms with Gasteiger partial charge < -0.3 is 19.5 Å². The molecule has 1 fully saturated rings. The summed E-state index contributed by atoms with van der Waals surface area (Å²) in [5.74, 6) is -0.371. The van der Waals surface area contributed by atoms with Gasteiger partial charge in [0.1, 0.15) is 0 Å². The number of methoxy groups -OCH3 is 1. The lowest BCUT2D eigenvalue weighted by Gasteiger charge is -2.12. The summed E-state index contributed by atoms with van der Waals surface area (Å²) in [5, 5.41) is 2.60. The van der Waals surface area contributed by atoms with E-state index in [1.54, 1.807) is 0 Å². The third kappa shape index (κ3) is 6.50. The first-order valence-electron chi connectivity index (χ1n) is 8.52. The van der Waals surface area contributed by atoms with Crippen molar-refractivity contribution in [3.63, 3.8) is 0 Å². The Morgan fingerprint density at radius 1 is 1.23 bits per heavy atom. The molecule has 26 heavy (non-hydrogen) atoms. The molecule has 2 rings (SSSR count). The predicted molar refractivity (Wildman–Crippen MR) is 89.0 cm³/mol. The van der Waals surface area contributed by atoms with Crippen molar-refractivity contribution in [3.05, 3.63) is 23.8 Å². The maximum Gasteiger partial charge on any atom is 0.387 e. The molecule has 0 aliphatic heterocycles. The fourth-order valence-corrected chi connectivity index (χ4v) is 2.92. The number of alkyl halides is 2. The van der Waals surface area contributed by atoms with E-state index in [2.05, 4.69) is 10.1 Å². The number of nitrogens with one attached hydrogen (secondary N) is 1. The van der Waals surface area contributed by atoms with Crippen molar-refractivity contribution in [1.29, 1.82) is 0 Å². The first-order chi connectivity index (χ1) is 12.5. The van der Waals surface area contributed by atoms with Crippen LogP contribution in [0.5, 0.6) is 11.5 Å². The molecule has 1 aromatic carbocycles. The van der Waals surface area contributed by atoms with E-state index in [1.165, 1.54) is 25.3 Å². The van der Waals surface area contributed by atoms with Crippen LogP contribution >= 0.6 is 0 Å². The Morgan fingerprint density at radius 3 is 2.62 bits per heavy atom. The van der Waals surface area contributed by atoms with Gasteiger partial charge in [0.15, 0.2) is 18.1 Å². The van der Waals surface area contributed by atoms with E-state index in [1.807, 2.05) is 0 Å². The molecule has 144 valence electrons. The lowest BCUT2D eigenvalue weighted by atomic mass is 10.1. The Balaban J connectivity index is 1.75. The van der Waals surface area contributed by atoms with Crippen molar-refractivity contribution < 1.29 is 32.6 Å². The predicted octanol–water partition coefficient (Wildman–Crippen LogP) is 3.04. The zero-order chi connectivity index (χ0) is 18.9. The fourth-order valence-electron chi connectivity index (χ4n) is 2.92. The number of amides is 1. The SMILES string of the molecule is COc1cc(CNC(=O)COC(=O)CC2CCCC2)ccc1OC(F)F. The molecule has 1 saturated carbocycles. The highest BCUT2D eigenvalue weighted by atomic mass is 19.3. The first-order valence-corrected chi connectivity index (χ1v) is 8.52. The minimum atomic E-state index is -2.95. The number of hydrogen-bond donors (Lipinski definition) is 1. The number of carbonyl (C=O) groups excluding carboxylic acids is 2. The summed E-state index contributed by atoms with van der Waals surface area (Å²) in [6.45, 7) is -3.15. The molecule has 8 heteroatoms. The van der Waals surface area contributed by atoms with Gasteiger partial charge in [-0.05, 0) is 36.5 Å². The summed E-state index contributed by atoms with van der Waals surface area (Å²) >= 11 is 0. The Morgan fingerprint density at radius 2 is 1.96 bits per heavy atom. The fraction of sp³-hybridized carbons (Fsp3) is 0.556. The Labute approximate surface area is 150 Å². The maximum atomic E-state index is 12.3. The van der Waals surface area contributed by atoms with Crippen molar-refractivity contribution in [2.24, 2.45) is 5.92 Å². The van der Waals surface area contributed by atoms with E-state index in [9.17, 15) is 18.4 Å². The van der Waals surface area contributed by atoms with Crippen LogP contribution in [0, 0.1) is 5.92 Å². The summed E-state index contributed by atoms with van der Waals surface area (Å²) in [6.07, 6.45) is 4.71. The number of rotatable bonds is 9. The number of halogens is 2. The van der Waals surface area contributed by atoms with Gasteiger partial charge in [-0.3, -0.25) is 9.59 Å². The van der Waals surface area contributed by atoms with Crippen LogP contribution in [0.25, 0.3) is 0 Å². The molecule has 1 aliphatic rings. The standard InChI is InChI=1S/C18H23F2NO5/c1-24-15-8-13(6-7-14(15)26-18(19)20)10-21-16(22)11-25-17(23)9-12-4-2-3-5-12/h6-8,12,18H,2-5,9-11H2,1H3,(H,21,22). The molecule has 0 radical (unpaired) electrons. The zero-order valence-electron chi connectivity index (χ0n) is 14.6. The summed E-state index contributed by atoms with van der Waals surface area (Å²) in [5.41, 5.74) is 0.633. The van der Waals surface area contributed by atoms with Gasteiger partial charge >= 0.3 is 12.6 Å². The third-order valence-corrected chi connectivity index (χ3v) is 4.23. The van der Waals surface area contributed by atoms with Crippen molar-refractivity contribution in [1.82, 2.24) is 5.32 Å². The van der Waals surface area contributed by atoms with E-state index >= 15 is 0 Å². The quantitative estimate of drug-likeness (QED) is 0.676. The van der Waals surface area contributed by atoms with Gasteiger partial charge in [-0.2, -0.15) is 8.78 Å². The molecule has 0 saturated heterocycles. The normalized spacial score (nSPS) is 14.3. The second-order valence-corrected chi connectivity index (χ2v) is 6.16. The monoisotopic (exact) mass is 371 g/mol. The van der Waals surface area contributed by atoms with Gasteiger partial charge in [0, 0.05) is 13.0 Å². The van der Waals surface area contributed by atoms with E-state index in [0.29, 0.717) is 17.9 Å². The maximum absolute atomic E-state index is 12.3. The van der Waals surface area contributed by atoms with Crippen molar-refractivity contribution in [3.8, 4) is 11.5 Å². The van der Waals surface area contributed by atoms with Crippen molar-refractivity contribution in [2.45, 2.75) is 45.3 Å². The molecule has 0 unspecified atom stereocenters. The molecule has 1 aliphatic carbocycles. The van der Waals surface area contributed by atoms with Crippen LogP contribution in [0.15, 0.2) is 18.2 Å². The highest BCUT2D eigenvalue weighted by Gasteiger charge is 2.19. The molecule has 0 heterocycles. The van der Waals surface area contributed by atoms with E-state index in [0.717, 1.165) is 25.7 Å².